The summed E-state index contributed by atoms with van der Waals surface area (Å²) in [6.45, 7) is 7.18. The number of Topliss-reactive ketones (excluding diaryl/α,β-unsaturated/α-hetero) is 1. The topological polar surface area (TPSA) is 44.1 Å². The van der Waals surface area contributed by atoms with Gasteiger partial charge in [0.1, 0.15) is 5.78 Å². The van der Waals surface area contributed by atoms with E-state index >= 15 is 0 Å². The molecule has 1 aromatic heterocycles. The Kier molecular flexibility index (Phi) is 5.53. The lowest BCUT2D eigenvalue weighted by Crippen LogP contribution is -2.21. The zero-order valence-electron chi connectivity index (χ0n) is 11.5. The molecular formula is C13H21BrN2O2. The average Bonchev–Trinajstić information content (AvgIpc) is 2.63. The minimum atomic E-state index is -0.274. The molecule has 0 amide bonds. The third-order valence-electron chi connectivity index (χ3n) is 2.83. The van der Waals surface area contributed by atoms with Crippen molar-refractivity contribution in [1.82, 2.24) is 9.78 Å². The number of nitrogens with zero attached hydrogens (tertiary/aromatic N) is 2. The van der Waals surface area contributed by atoms with E-state index in [4.69, 9.17) is 4.74 Å². The molecule has 0 aliphatic heterocycles. The van der Waals surface area contributed by atoms with Crippen LogP contribution in [0.25, 0.3) is 0 Å². The Bertz CT molecular complexity index is 408. The SMILES string of the molecule is COCCn1ncc(Br)c1CCC(=O)C(C)(C)C. The normalized spacial score (nSPS) is 11.8. The molecule has 0 aliphatic rings. The first-order valence-electron chi connectivity index (χ1n) is 6.08. The summed E-state index contributed by atoms with van der Waals surface area (Å²) in [5.41, 5.74) is 0.786. The van der Waals surface area contributed by atoms with E-state index in [1.807, 2.05) is 25.5 Å². The summed E-state index contributed by atoms with van der Waals surface area (Å²) in [6.07, 6.45) is 3.02. The summed E-state index contributed by atoms with van der Waals surface area (Å²) in [5.74, 6) is 0.272. The van der Waals surface area contributed by atoms with Gasteiger partial charge in [-0.1, -0.05) is 20.8 Å². The van der Waals surface area contributed by atoms with E-state index in [1.165, 1.54) is 0 Å². The molecule has 1 rings (SSSR count). The van der Waals surface area contributed by atoms with Crippen molar-refractivity contribution in [3.05, 3.63) is 16.4 Å². The Morgan fingerprint density at radius 3 is 2.72 bits per heavy atom. The zero-order chi connectivity index (χ0) is 13.8. The predicted octanol–water partition coefficient (Wildman–Crippen LogP) is 2.84. The highest BCUT2D eigenvalue weighted by molar-refractivity contribution is 9.10. The molecule has 1 aromatic rings. The Balaban J connectivity index is 2.66. The summed E-state index contributed by atoms with van der Waals surface area (Å²) >= 11 is 3.47. The summed E-state index contributed by atoms with van der Waals surface area (Å²) < 4.78 is 7.90. The second kappa shape index (κ2) is 6.48. The molecule has 18 heavy (non-hydrogen) atoms. The molecule has 0 fully saturated rings. The molecule has 0 spiro atoms. The van der Waals surface area contributed by atoms with Gasteiger partial charge >= 0.3 is 0 Å². The van der Waals surface area contributed by atoms with Crippen molar-refractivity contribution >= 4 is 21.7 Å². The van der Waals surface area contributed by atoms with Crippen molar-refractivity contribution in [2.75, 3.05) is 13.7 Å². The van der Waals surface area contributed by atoms with Gasteiger partial charge in [-0.05, 0) is 22.4 Å². The van der Waals surface area contributed by atoms with Crippen molar-refractivity contribution in [3.8, 4) is 0 Å². The number of aromatic nitrogens is 2. The van der Waals surface area contributed by atoms with E-state index in [1.54, 1.807) is 13.3 Å². The lowest BCUT2D eigenvalue weighted by Gasteiger charge is -2.16. The minimum Gasteiger partial charge on any atom is -0.383 e. The Labute approximate surface area is 117 Å². The second-order valence-electron chi connectivity index (χ2n) is 5.33. The molecule has 0 N–H and O–H groups in total. The maximum Gasteiger partial charge on any atom is 0.138 e. The second-order valence-corrected chi connectivity index (χ2v) is 6.18. The third-order valence-corrected chi connectivity index (χ3v) is 3.49. The van der Waals surface area contributed by atoms with E-state index in [-0.39, 0.29) is 11.2 Å². The predicted molar refractivity (Wildman–Crippen MR) is 74.6 cm³/mol. The van der Waals surface area contributed by atoms with Crippen LogP contribution in [0.15, 0.2) is 10.7 Å². The van der Waals surface area contributed by atoms with Gasteiger partial charge in [-0.25, -0.2) is 0 Å². The first kappa shape index (κ1) is 15.4. The number of hydrogen-bond acceptors (Lipinski definition) is 3. The summed E-state index contributed by atoms with van der Waals surface area (Å²) in [6, 6.07) is 0. The molecule has 1 heterocycles. The largest absolute Gasteiger partial charge is 0.383 e. The van der Waals surface area contributed by atoms with Crippen LogP contribution in [0.4, 0.5) is 0 Å². The molecule has 102 valence electrons. The third kappa shape index (κ3) is 4.21. The Morgan fingerprint density at radius 2 is 2.17 bits per heavy atom. The molecule has 0 aromatic carbocycles. The van der Waals surface area contributed by atoms with Crippen molar-refractivity contribution in [2.24, 2.45) is 5.41 Å². The number of halogens is 1. The van der Waals surface area contributed by atoms with E-state index in [0.717, 1.165) is 10.2 Å². The summed E-state index contributed by atoms with van der Waals surface area (Å²) in [5, 5.41) is 4.27. The smallest absolute Gasteiger partial charge is 0.138 e. The molecule has 0 unspecified atom stereocenters. The number of carbonyl (C=O) groups is 1. The van der Waals surface area contributed by atoms with Gasteiger partial charge in [-0.15, -0.1) is 0 Å². The van der Waals surface area contributed by atoms with Crippen molar-refractivity contribution in [1.29, 1.82) is 0 Å². The molecule has 0 bridgehead atoms. The van der Waals surface area contributed by atoms with Crippen LogP contribution in [0.3, 0.4) is 0 Å². The van der Waals surface area contributed by atoms with Gasteiger partial charge in [0.2, 0.25) is 0 Å². The Hall–Kier alpha value is -0.680. The molecule has 0 saturated carbocycles. The average molecular weight is 317 g/mol. The monoisotopic (exact) mass is 316 g/mol. The molecular weight excluding hydrogens is 296 g/mol. The molecule has 0 saturated heterocycles. The number of ether oxygens (including phenoxy) is 1. The standard InChI is InChI=1S/C13H21BrN2O2/c1-13(2,3)12(17)6-5-11-10(14)9-15-16(11)7-8-18-4/h9H,5-8H2,1-4H3. The van der Waals surface area contributed by atoms with E-state index < -0.39 is 0 Å². The fourth-order valence-electron chi connectivity index (χ4n) is 1.61. The van der Waals surface area contributed by atoms with Crippen molar-refractivity contribution < 1.29 is 9.53 Å². The van der Waals surface area contributed by atoms with Crippen molar-refractivity contribution in [3.63, 3.8) is 0 Å². The highest BCUT2D eigenvalue weighted by Crippen LogP contribution is 2.22. The van der Waals surface area contributed by atoms with Crippen LogP contribution in [-0.2, 0) is 22.5 Å². The lowest BCUT2D eigenvalue weighted by molar-refractivity contribution is -0.126. The van der Waals surface area contributed by atoms with Gasteiger partial charge in [0.25, 0.3) is 0 Å². The van der Waals surface area contributed by atoms with Gasteiger partial charge in [-0.3, -0.25) is 9.48 Å². The quantitative estimate of drug-likeness (QED) is 0.810. The minimum absolute atomic E-state index is 0.272. The maximum absolute atomic E-state index is 11.9. The zero-order valence-corrected chi connectivity index (χ0v) is 13.1. The molecule has 0 radical (unpaired) electrons. The van der Waals surface area contributed by atoms with E-state index in [0.29, 0.717) is 26.0 Å². The first-order valence-corrected chi connectivity index (χ1v) is 6.88. The van der Waals surface area contributed by atoms with Crippen LogP contribution in [0.5, 0.6) is 0 Å². The van der Waals surface area contributed by atoms with Crippen LogP contribution in [0.2, 0.25) is 0 Å². The molecule has 4 nitrogen and oxygen atoms in total. The van der Waals surface area contributed by atoms with Crippen molar-refractivity contribution in [2.45, 2.75) is 40.2 Å². The van der Waals surface area contributed by atoms with E-state index in [2.05, 4.69) is 21.0 Å². The van der Waals surface area contributed by atoms with Crippen LogP contribution < -0.4 is 0 Å². The van der Waals surface area contributed by atoms with Gasteiger partial charge in [0, 0.05) is 18.9 Å². The molecule has 0 aliphatic carbocycles. The number of ketones is 1. The van der Waals surface area contributed by atoms with E-state index in [9.17, 15) is 4.79 Å². The highest BCUT2D eigenvalue weighted by atomic mass is 79.9. The van der Waals surface area contributed by atoms with Crippen LogP contribution in [0.1, 0.15) is 32.9 Å². The van der Waals surface area contributed by atoms with Crippen LogP contribution >= 0.6 is 15.9 Å². The van der Waals surface area contributed by atoms with Gasteiger partial charge in [-0.2, -0.15) is 5.10 Å². The van der Waals surface area contributed by atoms with Crippen LogP contribution in [-0.4, -0.2) is 29.3 Å². The fourth-order valence-corrected chi connectivity index (χ4v) is 2.11. The van der Waals surface area contributed by atoms with Gasteiger partial charge in [0.05, 0.1) is 29.5 Å². The van der Waals surface area contributed by atoms with Crippen LogP contribution in [0, 0.1) is 5.41 Å². The number of rotatable bonds is 6. The van der Waals surface area contributed by atoms with Gasteiger partial charge < -0.3 is 4.74 Å². The highest BCUT2D eigenvalue weighted by Gasteiger charge is 2.21. The first-order chi connectivity index (χ1) is 8.36. The number of hydrogen-bond donors (Lipinski definition) is 0. The van der Waals surface area contributed by atoms with Gasteiger partial charge in [0.15, 0.2) is 0 Å². The maximum atomic E-state index is 11.9. The summed E-state index contributed by atoms with van der Waals surface area (Å²) in [4.78, 5) is 11.9. The molecule has 5 heteroatoms. The number of methoxy groups -OCH3 is 1. The summed E-state index contributed by atoms with van der Waals surface area (Å²) in [7, 11) is 1.67. The number of carbonyl (C=O) groups excluding carboxylic acids is 1. The fraction of sp³-hybridized carbons (Fsp3) is 0.692. The lowest BCUT2D eigenvalue weighted by atomic mass is 9.88. The molecule has 0 atom stereocenters. The Morgan fingerprint density at radius 1 is 1.50 bits per heavy atom.